The van der Waals surface area contributed by atoms with Crippen LogP contribution in [-0.4, -0.2) is 17.8 Å². The molecule has 16 heavy (non-hydrogen) atoms. The van der Waals surface area contributed by atoms with Gasteiger partial charge in [-0.1, -0.05) is 27.5 Å². The number of aliphatic hydroxyl groups excluding tert-OH is 1. The van der Waals surface area contributed by atoms with Crippen LogP contribution >= 0.6 is 27.5 Å². The fourth-order valence-corrected chi connectivity index (χ4v) is 2.55. The molecule has 1 aliphatic rings. The molecule has 0 saturated heterocycles. The van der Waals surface area contributed by atoms with Gasteiger partial charge in [0.25, 0.3) is 0 Å². The topological polar surface area (TPSA) is 32.3 Å². The summed E-state index contributed by atoms with van der Waals surface area (Å²) in [6, 6.07) is 5.87. The van der Waals surface area contributed by atoms with Gasteiger partial charge < -0.3 is 10.4 Å². The van der Waals surface area contributed by atoms with Gasteiger partial charge in [0.2, 0.25) is 0 Å². The van der Waals surface area contributed by atoms with Gasteiger partial charge in [0.05, 0.1) is 6.10 Å². The highest BCUT2D eigenvalue weighted by Gasteiger charge is 2.26. The predicted octanol–water partition coefficient (Wildman–Crippen LogP) is 2.96. The lowest BCUT2D eigenvalue weighted by atomic mass is 9.82. The van der Waals surface area contributed by atoms with Crippen LogP contribution in [0.3, 0.4) is 0 Å². The molecule has 1 aliphatic carbocycles. The maximum absolute atomic E-state index is 9.16. The van der Waals surface area contributed by atoms with Gasteiger partial charge >= 0.3 is 0 Å². The summed E-state index contributed by atoms with van der Waals surface area (Å²) < 4.78 is 1.05. The second-order valence-corrected chi connectivity index (χ2v) is 5.68. The number of rotatable bonds is 4. The average molecular weight is 305 g/mol. The largest absolute Gasteiger partial charge is 0.393 e. The Morgan fingerprint density at radius 2 is 2.19 bits per heavy atom. The normalized spacial score (nSPS) is 24.2. The van der Waals surface area contributed by atoms with Crippen molar-refractivity contribution in [2.45, 2.75) is 25.5 Å². The van der Waals surface area contributed by atoms with E-state index in [1.54, 1.807) is 0 Å². The lowest BCUT2D eigenvalue weighted by Gasteiger charge is -2.31. The Balaban J connectivity index is 1.78. The highest BCUT2D eigenvalue weighted by molar-refractivity contribution is 9.10. The van der Waals surface area contributed by atoms with Crippen LogP contribution < -0.4 is 5.32 Å². The van der Waals surface area contributed by atoms with Gasteiger partial charge in [0.15, 0.2) is 0 Å². The van der Waals surface area contributed by atoms with Crippen LogP contribution in [0, 0.1) is 5.92 Å². The molecule has 0 unspecified atom stereocenters. The SMILES string of the molecule is OC1CC(CNCc2cc(Br)ccc2Cl)C1. The molecule has 0 spiro atoms. The zero-order chi connectivity index (χ0) is 11.5. The standard InChI is InChI=1S/C12H15BrClNO/c13-10-1-2-12(14)9(5-10)7-15-6-8-3-11(16)4-8/h1-2,5,8,11,15-16H,3-4,6-7H2. The Labute approximate surface area is 109 Å². The molecule has 1 saturated carbocycles. The van der Waals surface area contributed by atoms with Crippen LogP contribution in [-0.2, 0) is 6.54 Å². The second kappa shape index (κ2) is 5.50. The van der Waals surface area contributed by atoms with Gasteiger partial charge in [-0.25, -0.2) is 0 Å². The summed E-state index contributed by atoms with van der Waals surface area (Å²) in [7, 11) is 0. The molecule has 0 amide bonds. The quantitative estimate of drug-likeness (QED) is 0.896. The Morgan fingerprint density at radius 3 is 2.88 bits per heavy atom. The maximum Gasteiger partial charge on any atom is 0.0546 e. The van der Waals surface area contributed by atoms with E-state index in [0.717, 1.165) is 41.0 Å². The van der Waals surface area contributed by atoms with E-state index in [0.29, 0.717) is 5.92 Å². The van der Waals surface area contributed by atoms with Crippen LogP contribution in [0.2, 0.25) is 5.02 Å². The summed E-state index contributed by atoms with van der Waals surface area (Å²) in [5.41, 5.74) is 1.11. The van der Waals surface area contributed by atoms with Crippen molar-refractivity contribution in [1.82, 2.24) is 5.32 Å². The first-order valence-corrected chi connectivity index (χ1v) is 6.65. The Kier molecular flexibility index (Phi) is 4.25. The molecule has 4 heteroatoms. The fraction of sp³-hybridized carbons (Fsp3) is 0.500. The van der Waals surface area contributed by atoms with E-state index in [1.807, 2.05) is 18.2 Å². The summed E-state index contributed by atoms with van der Waals surface area (Å²) in [5, 5.41) is 13.3. The van der Waals surface area contributed by atoms with Crippen molar-refractivity contribution in [2.24, 2.45) is 5.92 Å². The van der Waals surface area contributed by atoms with Crippen LogP contribution in [0.4, 0.5) is 0 Å². The van der Waals surface area contributed by atoms with Gasteiger partial charge in [-0.05, 0) is 49.1 Å². The summed E-state index contributed by atoms with van der Waals surface area (Å²) in [6.07, 6.45) is 1.79. The summed E-state index contributed by atoms with van der Waals surface area (Å²) in [4.78, 5) is 0. The Bertz CT molecular complexity index is 366. The van der Waals surface area contributed by atoms with Crippen molar-refractivity contribution in [3.8, 4) is 0 Å². The van der Waals surface area contributed by atoms with Gasteiger partial charge in [0, 0.05) is 16.0 Å². The van der Waals surface area contributed by atoms with Gasteiger partial charge in [-0.3, -0.25) is 0 Å². The van der Waals surface area contributed by atoms with Crippen molar-refractivity contribution in [2.75, 3.05) is 6.54 Å². The number of nitrogens with one attached hydrogen (secondary N) is 1. The molecule has 1 aromatic carbocycles. The molecule has 88 valence electrons. The highest BCUT2D eigenvalue weighted by Crippen LogP contribution is 2.26. The van der Waals surface area contributed by atoms with Gasteiger partial charge in [-0.2, -0.15) is 0 Å². The molecule has 2 rings (SSSR count). The van der Waals surface area contributed by atoms with E-state index in [-0.39, 0.29) is 6.10 Å². The molecule has 0 heterocycles. The monoisotopic (exact) mass is 303 g/mol. The van der Waals surface area contributed by atoms with Gasteiger partial charge in [-0.15, -0.1) is 0 Å². The zero-order valence-electron chi connectivity index (χ0n) is 8.92. The Hall–Kier alpha value is -0.0900. The summed E-state index contributed by atoms with van der Waals surface area (Å²) in [5.74, 6) is 0.626. The van der Waals surface area contributed by atoms with Crippen molar-refractivity contribution in [3.05, 3.63) is 33.3 Å². The molecule has 0 radical (unpaired) electrons. The molecule has 1 fully saturated rings. The zero-order valence-corrected chi connectivity index (χ0v) is 11.3. The first-order valence-electron chi connectivity index (χ1n) is 5.48. The maximum atomic E-state index is 9.16. The third kappa shape index (κ3) is 3.20. The molecule has 1 aromatic rings. The van der Waals surface area contributed by atoms with E-state index in [4.69, 9.17) is 16.7 Å². The lowest BCUT2D eigenvalue weighted by Crippen LogP contribution is -2.35. The van der Waals surface area contributed by atoms with Crippen LogP contribution in [0.1, 0.15) is 18.4 Å². The van der Waals surface area contributed by atoms with Crippen LogP contribution in [0.5, 0.6) is 0 Å². The Morgan fingerprint density at radius 1 is 1.44 bits per heavy atom. The third-order valence-electron chi connectivity index (χ3n) is 2.97. The summed E-state index contributed by atoms with van der Waals surface area (Å²) in [6.45, 7) is 1.74. The van der Waals surface area contributed by atoms with E-state index in [9.17, 15) is 0 Å². The molecular formula is C12H15BrClNO. The van der Waals surface area contributed by atoms with Crippen LogP contribution in [0.15, 0.2) is 22.7 Å². The minimum absolute atomic E-state index is 0.0683. The highest BCUT2D eigenvalue weighted by atomic mass is 79.9. The number of aliphatic hydroxyl groups is 1. The average Bonchev–Trinajstić information content (AvgIpc) is 2.20. The number of hydrogen-bond donors (Lipinski definition) is 2. The second-order valence-electron chi connectivity index (χ2n) is 4.36. The van der Waals surface area contributed by atoms with Gasteiger partial charge in [0.1, 0.15) is 0 Å². The van der Waals surface area contributed by atoms with Crippen LogP contribution in [0.25, 0.3) is 0 Å². The number of halogens is 2. The molecule has 2 N–H and O–H groups in total. The molecule has 0 aromatic heterocycles. The van der Waals surface area contributed by atoms with Crippen molar-refractivity contribution < 1.29 is 5.11 Å². The molecule has 0 bridgehead atoms. The smallest absolute Gasteiger partial charge is 0.0546 e. The van der Waals surface area contributed by atoms with E-state index in [2.05, 4.69) is 21.2 Å². The minimum Gasteiger partial charge on any atom is -0.393 e. The van der Waals surface area contributed by atoms with E-state index < -0.39 is 0 Å². The van der Waals surface area contributed by atoms with Crippen molar-refractivity contribution >= 4 is 27.5 Å². The molecule has 0 atom stereocenters. The fourth-order valence-electron chi connectivity index (χ4n) is 1.96. The number of benzene rings is 1. The van der Waals surface area contributed by atoms with Crippen molar-refractivity contribution in [1.29, 1.82) is 0 Å². The first-order chi connectivity index (χ1) is 7.65. The molecule has 2 nitrogen and oxygen atoms in total. The minimum atomic E-state index is -0.0683. The van der Waals surface area contributed by atoms with Crippen molar-refractivity contribution in [3.63, 3.8) is 0 Å². The third-order valence-corrected chi connectivity index (χ3v) is 3.83. The lowest BCUT2D eigenvalue weighted by molar-refractivity contribution is 0.0430. The predicted molar refractivity (Wildman–Crippen MR) is 69.6 cm³/mol. The molecular weight excluding hydrogens is 289 g/mol. The van der Waals surface area contributed by atoms with E-state index in [1.165, 1.54) is 0 Å². The first kappa shape index (κ1) is 12.4. The van der Waals surface area contributed by atoms with E-state index >= 15 is 0 Å². The summed E-state index contributed by atoms with van der Waals surface area (Å²) >= 11 is 9.51. The molecule has 0 aliphatic heterocycles. The number of hydrogen-bond acceptors (Lipinski definition) is 2.